The van der Waals surface area contributed by atoms with Gasteiger partial charge in [0, 0.05) is 10.8 Å². The van der Waals surface area contributed by atoms with Crippen molar-refractivity contribution in [3.8, 4) is 11.1 Å². The third-order valence-electron chi connectivity index (χ3n) is 4.56. The van der Waals surface area contributed by atoms with Gasteiger partial charge in [-0.25, -0.2) is 0 Å². The summed E-state index contributed by atoms with van der Waals surface area (Å²) in [5.74, 6) is 0. The Hall–Kier alpha value is -3.00. The molecule has 0 spiro atoms. The van der Waals surface area contributed by atoms with Crippen LogP contribution in [0.4, 0.5) is 0 Å². The van der Waals surface area contributed by atoms with Gasteiger partial charge in [0.1, 0.15) is 19.0 Å². The maximum Gasteiger partial charge on any atom is 0.136 e. The van der Waals surface area contributed by atoms with Crippen LogP contribution in [-0.2, 0) is 0 Å². The standard InChI is InChI=1S/C22H13BO/c23-18-7-3-6-14(10-18)17-8-9-21-19(12-17)20-11-15-4-1-2-5-16(15)13-22(20)24-21/h1-13H. The minimum Gasteiger partial charge on any atom is -0.456 e. The van der Waals surface area contributed by atoms with Crippen molar-refractivity contribution in [2.45, 2.75) is 0 Å². The van der Waals surface area contributed by atoms with E-state index in [2.05, 4.69) is 54.6 Å². The molecule has 5 rings (SSSR count). The van der Waals surface area contributed by atoms with Crippen molar-refractivity contribution >= 4 is 46.0 Å². The van der Waals surface area contributed by atoms with Crippen LogP contribution >= 0.6 is 0 Å². The summed E-state index contributed by atoms with van der Waals surface area (Å²) >= 11 is 0. The maximum atomic E-state index is 6.05. The first kappa shape index (κ1) is 13.4. The molecule has 0 aliphatic rings. The van der Waals surface area contributed by atoms with Gasteiger partial charge >= 0.3 is 0 Å². The molecule has 0 unspecified atom stereocenters. The first-order chi connectivity index (χ1) is 11.8. The quantitative estimate of drug-likeness (QED) is 0.388. The molecule has 0 atom stereocenters. The van der Waals surface area contributed by atoms with Crippen LogP contribution in [0.5, 0.6) is 0 Å². The lowest BCUT2D eigenvalue weighted by Crippen LogP contribution is -2.00. The average Bonchev–Trinajstić information content (AvgIpc) is 2.96. The van der Waals surface area contributed by atoms with Crippen molar-refractivity contribution in [3.05, 3.63) is 78.9 Å². The van der Waals surface area contributed by atoms with Gasteiger partial charge in [-0.05, 0) is 46.2 Å². The zero-order chi connectivity index (χ0) is 16.1. The predicted molar refractivity (Wildman–Crippen MR) is 102 cm³/mol. The second kappa shape index (κ2) is 5.00. The Balaban J connectivity index is 1.81. The molecular weight excluding hydrogens is 291 g/mol. The normalized spacial score (nSPS) is 11.5. The largest absolute Gasteiger partial charge is 0.456 e. The van der Waals surface area contributed by atoms with Crippen LogP contribution < -0.4 is 5.46 Å². The van der Waals surface area contributed by atoms with E-state index in [-0.39, 0.29) is 0 Å². The van der Waals surface area contributed by atoms with Crippen molar-refractivity contribution in [2.75, 3.05) is 0 Å². The molecule has 1 aromatic heterocycles. The van der Waals surface area contributed by atoms with E-state index in [0.29, 0.717) is 0 Å². The summed E-state index contributed by atoms with van der Waals surface area (Å²) in [7, 11) is 5.92. The summed E-state index contributed by atoms with van der Waals surface area (Å²) in [6, 6.07) is 27.0. The molecule has 0 amide bonds. The first-order valence-electron chi connectivity index (χ1n) is 7.99. The van der Waals surface area contributed by atoms with Crippen molar-refractivity contribution in [3.63, 3.8) is 0 Å². The van der Waals surface area contributed by atoms with Gasteiger partial charge in [-0.1, -0.05) is 60.1 Å². The highest BCUT2D eigenvalue weighted by molar-refractivity contribution is 6.32. The zero-order valence-corrected chi connectivity index (χ0v) is 13.0. The molecule has 1 nitrogen and oxygen atoms in total. The van der Waals surface area contributed by atoms with Crippen molar-refractivity contribution in [2.24, 2.45) is 0 Å². The third-order valence-corrected chi connectivity index (χ3v) is 4.56. The smallest absolute Gasteiger partial charge is 0.136 e. The van der Waals surface area contributed by atoms with Gasteiger partial charge in [0.2, 0.25) is 0 Å². The Morgan fingerprint density at radius 1 is 0.583 bits per heavy atom. The Kier molecular flexibility index (Phi) is 2.80. The highest BCUT2D eigenvalue weighted by Crippen LogP contribution is 2.34. The molecule has 0 fully saturated rings. The topological polar surface area (TPSA) is 13.1 Å². The molecule has 0 saturated carbocycles. The average molecular weight is 304 g/mol. The predicted octanol–water partition coefficient (Wildman–Crippen LogP) is 5.20. The maximum absolute atomic E-state index is 6.05. The van der Waals surface area contributed by atoms with Crippen LogP contribution in [0, 0.1) is 0 Å². The first-order valence-corrected chi connectivity index (χ1v) is 7.99. The second-order valence-corrected chi connectivity index (χ2v) is 6.13. The molecule has 2 radical (unpaired) electrons. The third kappa shape index (κ3) is 2.04. The monoisotopic (exact) mass is 304 g/mol. The summed E-state index contributed by atoms with van der Waals surface area (Å²) in [6.07, 6.45) is 0. The number of hydrogen-bond acceptors (Lipinski definition) is 1. The molecule has 4 aromatic carbocycles. The SMILES string of the molecule is [B]c1cccc(-c2ccc3oc4cc5ccccc5cc4c3c2)c1. The summed E-state index contributed by atoms with van der Waals surface area (Å²) in [6.45, 7) is 0. The molecule has 0 saturated heterocycles. The minimum absolute atomic E-state index is 0.774. The van der Waals surface area contributed by atoms with Crippen LogP contribution in [0.2, 0.25) is 0 Å². The molecule has 5 aromatic rings. The van der Waals surface area contributed by atoms with Gasteiger partial charge in [0.15, 0.2) is 0 Å². The van der Waals surface area contributed by atoms with Crippen LogP contribution in [-0.4, -0.2) is 7.85 Å². The van der Waals surface area contributed by atoms with E-state index in [1.54, 1.807) is 0 Å². The lowest BCUT2D eigenvalue weighted by molar-refractivity contribution is 0.669. The van der Waals surface area contributed by atoms with Gasteiger partial charge in [-0.2, -0.15) is 0 Å². The minimum atomic E-state index is 0.774. The number of rotatable bonds is 1. The molecule has 110 valence electrons. The van der Waals surface area contributed by atoms with Crippen molar-refractivity contribution in [1.82, 2.24) is 0 Å². The van der Waals surface area contributed by atoms with Gasteiger partial charge in [0.05, 0.1) is 0 Å². The van der Waals surface area contributed by atoms with Gasteiger partial charge in [-0.15, -0.1) is 0 Å². The number of furan rings is 1. The molecule has 0 bridgehead atoms. The summed E-state index contributed by atoms with van der Waals surface area (Å²) in [5, 5.41) is 4.70. The van der Waals surface area contributed by atoms with Gasteiger partial charge in [-0.3, -0.25) is 0 Å². The van der Waals surface area contributed by atoms with E-state index < -0.39 is 0 Å². The second-order valence-electron chi connectivity index (χ2n) is 6.13. The van der Waals surface area contributed by atoms with Gasteiger partial charge in [0.25, 0.3) is 0 Å². The number of fused-ring (bicyclic) bond motifs is 4. The van der Waals surface area contributed by atoms with E-state index in [1.165, 1.54) is 10.8 Å². The molecule has 1 heterocycles. The Morgan fingerprint density at radius 3 is 2.17 bits per heavy atom. The van der Waals surface area contributed by atoms with E-state index >= 15 is 0 Å². The molecular formula is C22H13BO. The number of hydrogen-bond donors (Lipinski definition) is 0. The lowest BCUT2D eigenvalue weighted by Gasteiger charge is -2.03. The highest BCUT2D eigenvalue weighted by Gasteiger charge is 2.09. The summed E-state index contributed by atoms with van der Waals surface area (Å²) < 4.78 is 6.05. The van der Waals surface area contributed by atoms with Gasteiger partial charge < -0.3 is 4.42 Å². The molecule has 2 heteroatoms. The fraction of sp³-hybridized carbons (Fsp3) is 0. The van der Waals surface area contributed by atoms with Crippen molar-refractivity contribution in [1.29, 1.82) is 0 Å². The highest BCUT2D eigenvalue weighted by atomic mass is 16.3. The van der Waals surface area contributed by atoms with E-state index in [4.69, 9.17) is 12.3 Å². The number of benzene rings is 4. The van der Waals surface area contributed by atoms with E-state index in [9.17, 15) is 0 Å². The Morgan fingerprint density at radius 2 is 1.33 bits per heavy atom. The Labute approximate surface area is 140 Å². The Bertz CT molecular complexity index is 1220. The van der Waals surface area contributed by atoms with Crippen molar-refractivity contribution < 1.29 is 4.42 Å². The molecule has 0 aliphatic carbocycles. The molecule has 0 aliphatic heterocycles. The van der Waals surface area contributed by atoms with Crippen LogP contribution in [0.25, 0.3) is 43.8 Å². The summed E-state index contributed by atoms with van der Waals surface area (Å²) in [4.78, 5) is 0. The molecule has 24 heavy (non-hydrogen) atoms. The van der Waals surface area contributed by atoms with E-state index in [1.807, 2.05) is 24.3 Å². The summed E-state index contributed by atoms with van der Waals surface area (Å²) in [5.41, 5.74) is 4.87. The van der Waals surface area contributed by atoms with E-state index in [0.717, 1.165) is 38.5 Å². The molecule has 0 N–H and O–H groups in total. The fourth-order valence-electron chi connectivity index (χ4n) is 3.36. The fourth-order valence-corrected chi connectivity index (χ4v) is 3.36. The lowest BCUT2D eigenvalue weighted by atomic mass is 9.92. The zero-order valence-electron chi connectivity index (χ0n) is 13.0. The van der Waals surface area contributed by atoms with Crippen LogP contribution in [0.15, 0.2) is 83.3 Å². The van der Waals surface area contributed by atoms with Crippen LogP contribution in [0.3, 0.4) is 0 Å². The van der Waals surface area contributed by atoms with Crippen LogP contribution in [0.1, 0.15) is 0 Å².